The molecule has 0 N–H and O–H groups in total. The number of thiazole rings is 1. The van der Waals surface area contributed by atoms with Crippen LogP contribution in [-0.4, -0.2) is 4.98 Å². The summed E-state index contributed by atoms with van der Waals surface area (Å²) in [7, 11) is 0. The molecule has 0 saturated carbocycles. The molecule has 1 nitrogen and oxygen atoms in total. The zero-order valence-electron chi connectivity index (χ0n) is 4.84. The molecule has 0 bridgehead atoms. The van der Waals surface area contributed by atoms with Crippen LogP contribution in [0.3, 0.4) is 0 Å². The first-order chi connectivity index (χ1) is 4.74. The molecule has 0 saturated heterocycles. The predicted octanol–water partition coefficient (Wildman–Crippen LogP) is 2.06. The summed E-state index contributed by atoms with van der Waals surface area (Å²) in [5, 5.41) is 0.301. The van der Waals surface area contributed by atoms with Gasteiger partial charge in [0.15, 0.2) is 5.01 Å². The van der Waals surface area contributed by atoms with Gasteiger partial charge in [-0.2, -0.15) is 0 Å². The maximum Gasteiger partial charge on any atom is 0.274 e. The van der Waals surface area contributed by atoms with Gasteiger partial charge in [-0.3, -0.25) is 0 Å². The molecule has 0 aliphatic heterocycles. The molecule has 1 heterocycles. The Morgan fingerprint density at radius 1 is 1.70 bits per heavy atom. The Labute approximate surface area is 60.7 Å². The summed E-state index contributed by atoms with van der Waals surface area (Å²) in [6.45, 7) is 0. The smallest absolute Gasteiger partial charge is 0.236 e. The molecule has 0 aliphatic carbocycles. The van der Waals surface area contributed by atoms with Gasteiger partial charge in [0.25, 0.3) is 6.43 Å². The van der Waals surface area contributed by atoms with Gasteiger partial charge in [0.2, 0.25) is 0 Å². The summed E-state index contributed by atoms with van der Waals surface area (Å²) < 4.78 is 23.6. The Kier molecular flexibility index (Phi) is 1.97. The molecule has 0 atom stereocenters. The highest BCUT2D eigenvalue weighted by Gasteiger charge is 2.09. The molecule has 4 heteroatoms. The minimum absolute atomic E-state index is 0.0760. The molecule has 1 aromatic heterocycles. The zero-order valence-corrected chi connectivity index (χ0v) is 5.66. The van der Waals surface area contributed by atoms with Crippen LogP contribution in [0.2, 0.25) is 0 Å². The number of halogens is 2. The highest BCUT2D eigenvalue weighted by Crippen LogP contribution is 2.23. The van der Waals surface area contributed by atoms with Gasteiger partial charge in [0.1, 0.15) is 0 Å². The van der Waals surface area contributed by atoms with Gasteiger partial charge in [-0.1, -0.05) is 0 Å². The molecule has 52 valence electrons. The summed E-state index contributed by atoms with van der Waals surface area (Å²) in [6, 6.07) is 0. The predicted molar refractivity (Wildman–Crippen MR) is 35.0 cm³/mol. The van der Waals surface area contributed by atoms with Crippen LogP contribution in [-0.2, 0) is 0 Å². The van der Waals surface area contributed by atoms with Crippen molar-refractivity contribution < 1.29 is 8.78 Å². The molecular formula is C6H3F2NS. The first kappa shape index (κ1) is 7.16. The van der Waals surface area contributed by atoms with Gasteiger partial charge in [0, 0.05) is 6.20 Å². The topological polar surface area (TPSA) is 12.9 Å². The largest absolute Gasteiger partial charge is 0.274 e. The van der Waals surface area contributed by atoms with Gasteiger partial charge < -0.3 is 0 Å². The zero-order chi connectivity index (χ0) is 7.56. The Morgan fingerprint density at radius 2 is 2.40 bits per heavy atom. The summed E-state index contributed by atoms with van der Waals surface area (Å²) in [5.74, 6) is 2.18. The van der Waals surface area contributed by atoms with Crippen molar-refractivity contribution in [3.63, 3.8) is 0 Å². The highest BCUT2D eigenvalue weighted by molar-refractivity contribution is 7.12. The third kappa shape index (κ3) is 1.31. The fraction of sp³-hybridized carbons (Fsp3) is 0.167. The lowest BCUT2D eigenvalue weighted by molar-refractivity contribution is 0.155. The molecule has 0 unspecified atom stereocenters. The second-order valence-electron chi connectivity index (χ2n) is 1.51. The maximum atomic E-state index is 11.8. The van der Waals surface area contributed by atoms with Crippen molar-refractivity contribution in [1.82, 2.24) is 4.98 Å². The van der Waals surface area contributed by atoms with Gasteiger partial charge in [0.05, 0.1) is 4.88 Å². The van der Waals surface area contributed by atoms with E-state index >= 15 is 0 Å². The third-order valence-corrected chi connectivity index (χ3v) is 1.80. The van der Waals surface area contributed by atoms with E-state index in [1.807, 2.05) is 0 Å². The normalized spacial score (nSPS) is 9.80. The highest BCUT2D eigenvalue weighted by atomic mass is 32.1. The summed E-state index contributed by atoms with van der Waals surface area (Å²) in [4.78, 5) is 3.48. The minimum Gasteiger partial charge on any atom is -0.236 e. The molecule has 1 rings (SSSR count). The van der Waals surface area contributed by atoms with E-state index in [0.29, 0.717) is 5.01 Å². The Bertz CT molecular complexity index is 261. The Balaban J connectivity index is 2.91. The molecule has 0 radical (unpaired) electrons. The molecule has 0 aromatic carbocycles. The first-order valence-electron chi connectivity index (χ1n) is 2.44. The average molecular weight is 159 g/mol. The molecule has 0 spiro atoms. The molecule has 0 aliphatic rings. The number of rotatable bonds is 1. The fourth-order valence-electron chi connectivity index (χ4n) is 0.454. The standard InChI is InChI=1S/C6H3F2NS/c1-2-5-9-3-4(10-5)6(7)8/h1,3,6H. The quantitative estimate of drug-likeness (QED) is 0.571. The van der Waals surface area contributed by atoms with E-state index < -0.39 is 6.43 Å². The molecular weight excluding hydrogens is 156 g/mol. The number of terminal acetylenes is 1. The van der Waals surface area contributed by atoms with Crippen LogP contribution in [0, 0.1) is 12.3 Å². The van der Waals surface area contributed by atoms with E-state index in [2.05, 4.69) is 10.9 Å². The number of hydrogen-bond donors (Lipinski definition) is 0. The summed E-state index contributed by atoms with van der Waals surface area (Å²) in [6.07, 6.45) is 3.56. The van der Waals surface area contributed by atoms with E-state index in [1.165, 1.54) is 0 Å². The third-order valence-electron chi connectivity index (χ3n) is 0.862. The lowest BCUT2D eigenvalue weighted by Crippen LogP contribution is -1.72. The second-order valence-corrected chi connectivity index (χ2v) is 2.58. The second kappa shape index (κ2) is 2.76. The molecule has 10 heavy (non-hydrogen) atoms. The lowest BCUT2D eigenvalue weighted by Gasteiger charge is -1.86. The first-order valence-corrected chi connectivity index (χ1v) is 3.26. The van der Waals surface area contributed by atoms with Gasteiger partial charge in [-0.15, -0.1) is 17.8 Å². The van der Waals surface area contributed by atoms with Gasteiger partial charge in [-0.25, -0.2) is 13.8 Å². The maximum absolute atomic E-state index is 11.8. The minimum atomic E-state index is -2.46. The number of hydrogen-bond acceptors (Lipinski definition) is 2. The SMILES string of the molecule is C#Cc1ncc(C(F)F)s1. The van der Waals surface area contributed by atoms with Gasteiger partial charge >= 0.3 is 0 Å². The fourth-order valence-corrected chi connectivity index (χ4v) is 1.04. The van der Waals surface area contributed by atoms with Crippen LogP contribution in [0.4, 0.5) is 8.78 Å². The van der Waals surface area contributed by atoms with Crippen molar-refractivity contribution in [2.45, 2.75) is 6.43 Å². The van der Waals surface area contributed by atoms with Crippen molar-refractivity contribution in [2.24, 2.45) is 0 Å². The van der Waals surface area contributed by atoms with E-state index in [9.17, 15) is 8.78 Å². The average Bonchev–Trinajstić information content (AvgIpc) is 2.34. The summed E-state index contributed by atoms with van der Waals surface area (Å²) in [5.41, 5.74) is 0. The van der Waals surface area contributed by atoms with Crippen LogP contribution in [0.25, 0.3) is 0 Å². The van der Waals surface area contributed by atoms with Crippen LogP contribution < -0.4 is 0 Å². The lowest BCUT2D eigenvalue weighted by atomic mass is 10.6. The van der Waals surface area contributed by atoms with Crippen molar-refractivity contribution >= 4 is 11.3 Å². The molecule has 0 amide bonds. The van der Waals surface area contributed by atoms with Gasteiger partial charge in [-0.05, 0) is 5.92 Å². The van der Waals surface area contributed by atoms with E-state index in [-0.39, 0.29) is 4.88 Å². The van der Waals surface area contributed by atoms with Crippen LogP contribution in [0.1, 0.15) is 16.3 Å². The summed E-state index contributed by atoms with van der Waals surface area (Å²) >= 11 is 0.844. The van der Waals surface area contributed by atoms with Crippen LogP contribution in [0.5, 0.6) is 0 Å². The van der Waals surface area contributed by atoms with E-state index in [0.717, 1.165) is 17.5 Å². The monoisotopic (exact) mass is 159 g/mol. The molecule has 0 fully saturated rings. The van der Waals surface area contributed by atoms with E-state index in [4.69, 9.17) is 6.42 Å². The van der Waals surface area contributed by atoms with Crippen molar-refractivity contribution in [3.05, 3.63) is 16.1 Å². The Morgan fingerprint density at radius 3 is 2.70 bits per heavy atom. The number of alkyl halides is 2. The van der Waals surface area contributed by atoms with Crippen molar-refractivity contribution in [2.75, 3.05) is 0 Å². The Hall–Kier alpha value is -0.950. The van der Waals surface area contributed by atoms with Crippen molar-refractivity contribution in [3.8, 4) is 12.3 Å². The van der Waals surface area contributed by atoms with Crippen molar-refractivity contribution in [1.29, 1.82) is 0 Å². The molecule has 1 aromatic rings. The van der Waals surface area contributed by atoms with Crippen LogP contribution >= 0.6 is 11.3 Å². The van der Waals surface area contributed by atoms with E-state index in [1.54, 1.807) is 0 Å². The number of nitrogens with zero attached hydrogens (tertiary/aromatic N) is 1. The number of aromatic nitrogens is 1. The van der Waals surface area contributed by atoms with Crippen LogP contribution in [0.15, 0.2) is 6.20 Å².